The van der Waals surface area contributed by atoms with Crippen LogP contribution in [-0.4, -0.2) is 19.7 Å². The number of benzene rings is 1. The maximum Gasteiger partial charge on any atom is 0.254 e. The summed E-state index contributed by atoms with van der Waals surface area (Å²) in [6.07, 6.45) is 1.76. The number of rotatable bonds is 5. The number of aryl methyl sites for hydroxylation is 1. The molecule has 6 nitrogen and oxygen atoms in total. The Kier molecular flexibility index (Phi) is 4.33. The number of fused-ring (bicyclic) bond motifs is 1. The van der Waals surface area contributed by atoms with E-state index in [0.29, 0.717) is 24.3 Å². The highest BCUT2D eigenvalue weighted by Gasteiger charge is 2.12. The van der Waals surface area contributed by atoms with E-state index in [9.17, 15) is 4.79 Å². The van der Waals surface area contributed by atoms with Crippen molar-refractivity contribution in [2.24, 2.45) is 0 Å². The highest BCUT2D eigenvalue weighted by Crippen LogP contribution is 2.19. The average molecular weight is 345 g/mol. The summed E-state index contributed by atoms with van der Waals surface area (Å²) in [5.74, 6) is 0. The second-order valence-electron chi connectivity index (χ2n) is 6.14. The third kappa shape index (κ3) is 3.14. The van der Waals surface area contributed by atoms with E-state index in [1.165, 1.54) is 0 Å². The van der Waals surface area contributed by atoms with E-state index >= 15 is 0 Å². The van der Waals surface area contributed by atoms with Gasteiger partial charge in [-0.05, 0) is 37.3 Å². The van der Waals surface area contributed by atoms with Gasteiger partial charge in [-0.1, -0.05) is 24.3 Å². The van der Waals surface area contributed by atoms with Gasteiger partial charge in [0.15, 0.2) is 0 Å². The fraction of sp³-hybridized carbons (Fsp3) is 0.150. The van der Waals surface area contributed by atoms with Gasteiger partial charge in [0.25, 0.3) is 5.56 Å². The van der Waals surface area contributed by atoms with Crippen LogP contribution in [0, 0.1) is 6.92 Å². The number of para-hydroxylation sites is 1. The molecule has 130 valence electrons. The van der Waals surface area contributed by atoms with E-state index in [1.807, 2.05) is 61.5 Å². The minimum absolute atomic E-state index is 0.108. The number of hydrogen-bond donors (Lipinski definition) is 2. The minimum atomic E-state index is -0.108. The predicted octanol–water partition coefficient (Wildman–Crippen LogP) is 2.71. The molecule has 0 saturated carbocycles. The molecule has 0 aliphatic heterocycles. The lowest BCUT2D eigenvalue weighted by molar-refractivity contribution is 0.675. The zero-order valence-electron chi connectivity index (χ0n) is 14.4. The van der Waals surface area contributed by atoms with Crippen LogP contribution in [0.25, 0.3) is 16.7 Å². The van der Waals surface area contributed by atoms with E-state index in [0.717, 1.165) is 22.5 Å². The number of aromatic nitrogens is 4. The standard InChI is InChI=1S/C20H19N5O/c1-14-18-11-15(12-21-13-16-7-5-6-10-22-16)20(26)23-19(18)25(24-14)17-8-3-2-4-9-17/h2-11,21H,12-13H2,1H3,(H,23,26). The van der Waals surface area contributed by atoms with Crippen molar-refractivity contribution < 1.29 is 0 Å². The molecule has 0 bridgehead atoms. The predicted molar refractivity (Wildman–Crippen MR) is 101 cm³/mol. The molecule has 2 N–H and O–H groups in total. The fourth-order valence-corrected chi connectivity index (χ4v) is 2.98. The monoisotopic (exact) mass is 345 g/mol. The summed E-state index contributed by atoms with van der Waals surface area (Å²) in [5, 5.41) is 8.81. The van der Waals surface area contributed by atoms with Crippen molar-refractivity contribution in [2.75, 3.05) is 0 Å². The Hall–Kier alpha value is -3.25. The lowest BCUT2D eigenvalue weighted by atomic mass is 10.2. The Morgan fingerprint density at radius 2 is 1.88 bits per heavy atom. The zero-order valence-corrected chi connectivity index (χ0v) is 14.4. The molecule has 0 radical (unpaired) electrons. The maximum absolute atomic E-state index is 12.5. The van der Waals surface area contributed by atoms with Crippen LogP contribution in [0.15, 0.2) is 65.6 Å². The summed E-state index contributed by atoms with van der Waals surface area (Å²) in [6.45, 7) is 3.03. The molecule has 1 aromatic carbocycles. The molecule has 3 aromatic heterocycles. The van der Waals surface area contributed by atoms with Crippen molar-refractivity contribution in [3.8, 4) is 5.69 Å². The van der Waals surface area contributed by atoms with Gasteiger partial charge in [-0.25, -0.2) is 4.68 Å². The van der Waals surface area contributed by atoms with Crippen molar-refractivity contribution in [1.82, 2.24) is 25.1 Å². The molecule has 4 rings (SSSR count). The fourth-order valence-electron chi connectivity index (χ4n) is 2.98. The smallest absolute Gasteiger partial charge is 0.254 e. The number of H-pyrrole nitrogens is 1. The van der Waals surface area contributed by atoms with Gasteiger partial charge in [0.05, 0.1) is 17.1 Å². The summed E-state index contributed by atoms with van der Waals surface area (Å²) in [6, 6.07) is 17.5. The van der Waals surface area contributed by atoms with Crippen LogP contribution in [0.1, 0.15) is 17.0 Å². The molecule has 4 aromatic rings. The Morgan fingerprint density at radius 3 is 2.65 bits per heavy atom. The van der Waals surface area contributed by atoms with E-state index in [-0.39, 0.29) is 5.56 Å². The molecule has 0 saturated heterocycles. The van der Waals surface area contributed by atoms with E-state index in [2.05, 4.69) is 20.4 Å². The zero-order chi connectivity index (χ0) is 17.9. The summed E-state index contributed by atoms with van der Waals surface area (Å²) in [5.41, 5.74) is 4.03. The van der Waals surface area contributed by atoms with E-state index < -0.39 is 0 Å². The second kappa shape index (κ2) is 6.93. The summed E-state index contributed by atoms with van der Waals surface area (Å²) < 4.78 is 1.77. The summed E-state index contributed by atoms with van der Waals surface area (Å²) in [4.78, 5) is 19.8. The Labute approximate surface area is 150 Å². The molecular weight excluding hydrogens is 326 g/mol. The van der Waals surface area contributed by atoms with Gasteiger partial charge in [-0.3, -0.25) is 9.78 Å². The molecule has 0 spiro atoms. The van der Waals surface area contributed by atoms with Gasteiger partial charge in [0.1, 0.15) is 5.65 Å². The number of hydrogen-bond acceptors (Lipinski definition) is 4. The van der Waals surface area contributed by atoms with Crippen LogP contribution < -0.4 is 10.9 Å². The molecule has 6 heteroatoms. The molecule has 0 aliphatic carbocycles. The third-order valence-corrected chi connectivity index (χ3v) is 4.30. The first-order chi connectivity index (χ1) is 12.7. The molecule has 0 amide bonds. The number of nitrogens with zero attached hydrogens (tertiary/aromatic N) is 3. The largest absolute Gasteiger partial charge is 0.307 e. The van der Waals surface area contributed by atoms with Gasteiger partial charge >= 0.3 is 0 Å². The SMILES string of the molecule is Cc1nn(-c2ccccc2)c2[nH]c(=O)c(CNCc3ccccn3)cc12. The Bertz CT molecular complexity index is 1080. The first-order valence-corrected chi connectivity index (χ1v) is 8.50. The topological polar surface area (TPSA) is 75.6 Å². The highest BCUT2D eigenvalue weighted by atomic mass is 16.1. The molecular formula is C20H19N5O. The quantitative estimate of drug-likeness (QED) is 0.583. The maximum atomic E-state index is 12.5. The van der Waals surface area contributed by atoms with Crippen molar-refractivity contribution in [3.05, 3.63) is 88.1 Å². The molecule has 3 heterocycles. The Balaban J connectivity index is 1.63. The average Bonchev–Trinajstić information content (AvgIpc) is 2.99. The highest BCUT2D eigenvalue weighted by molar-refractivity contribution is 5.80. The van der Waals surface area contributed by atoms with Crippen LogP contribution in [0.3, 0.4) is 0 Å². The molecule has 0 aliphatic rings. The van der Waals surface area contributed by atoms with Crippen molar-refractivity contribution in [3.63, 3.8) is 0 Å². The lowest BCUT2D eigenvalue weighted by Crippen LogP contribution is -2.21. The number of aromatic amines is 1. The summed E-state index contributed by atoms with van der Waals surface area (Å²) in [7, 11) is 0. The molecule has 26 heavy (non-hydrogen) atoms. The molecule has 0 unspecified atom stereocenters. The van der Waals surface area contributed by atoms with Crippen LogP contribution in [0.5, 0.6) is 0 Å². The third-order valence-electron chi connectivity index (χ3n) is 4.30. The van der Waals surface area contributed by atoms with Crippen molar-refractivity contribution in [1.29, 1.82) is 0 Å². The van der Waals surface area contributed by atoms with Gasteiger partial charge in [0.2, 0.25) is 0 Å². The first-order valence-electron chi connectivity index (χ1n) is 8.50. The Morgan fingerprint density at radius 1 is 1.08 bits per heavy atom. The van der Waals surface area contributed by atoms with Crippen molar-refractivity contribution >= 4 is 11.0 Å². The second-order valence-corrected chi connectivity index (χ2v) is 6.14. The van der Waals surface area contributed by atoms with Gasteiger partial charge < -0.3 is 10.3 Å². The molecule has 0 atom stereocenters. The number of pyridine rings is 2. The summed E-state index contributed by atoms with van der Waals surface area (Å²) >= 11 is 0. The van der Waals surface area contributed by atoms with Crippen LogP contribution >= 0.6 is 0 Å². The van der Waals surface area contributed by atoms with Crippen LogP contribution in [0.2, 0.25) is 0 Å². The minimum Gasteiger partial charge on any atom is -0.307 e. The van der Waals surface area contributed by atoms with Gasteiger partial charge in [-0.2, -0.15) is 5.10 Å². The van der Waals surface area contributed by atoms with E-state index in [4.69, 9.17) is 0 Å². The van der Waals surface area contributed by atoms with Gasteiger partial charge in [0, 0.05) is 30.2 Å². The van der Waals surface area contributed by atoms with Crippen molar-refractivity contribution in [2.45, 2.75) is 20.0 Å². The van der Waals surface area contributed by atoms with Gasteiger partial charge in [-0.15, -0.1) is 0 Å². The lowest BCUT2D eigenvalue weighted by Gasteiger charge is -2.06. The van der Waals surface area contributed by atoms with E-state index in [1.54, 1.807) is 10.9 Å². The van der Waals surface area contributed by atoms with Crippen LogP contribution in [0.4, 0.5) is 0 Å². The number of nitrogens with one attached hydrogen (secondary N) is 2. The first kappa shape index (κ1) is 16.2. The normalized spacial score (nSPS) is 11.1. The van der Waals surface area contributed by atoms with Crippen LogP contribution in [-0.2, 0) is 13.1 Å². The molecule has 0 fully saturated rings.